The van der Waals surface area contributed by atoms with Gasteiger partial charge in [-0.25, -0.2) is 0 Å². The van der Waals surface area contributed by atoms with Gasteiger partial charge >= 0.3 is 0 Å². The van der Waals surface area contributed by atoms with Crippen molar-refractivity contribution in [2.75, 3.05) is 0 Å². The average Bonchev–Trinajstić information content (AvgIpc) is 2.47. The lowest BCUT2D eigenvalue weighted by Crippen LogP contribution is -2.22. The fourth-order valence-electron chi connectivity index (χ4n) is 2.46. The van der Waals surface area contributed by atoms with Crippen LogP contribution in [0.4, 0.5) is 0 Å². The van der Waals surface area contributed by atoms with Gasteiger partial charge in [0.05, 0.1) is 6.10 Å². The standard InChI is InChI=1S/C12H24O/c1-9(2)7-8-12(13)11-6-4-5-10(11)3/h9-13H,4-8H2,1-3H3. The Labute approximate surface area is 82.5 Å². The highest BCUT2D eigenvalue weighted by molar-refractivity contribution is 4.80. The van der Waals surface area contributed by atoms with Crippen LogP contribution < -0.4 is 0 Å². The monoisotopic (exact) mass is 184 g/mol. The molecule has 1 fully saturated rings. The highest BCUT2D eigenvalue weighted by Crippen LogP contribution is 2.35. The summed E-state index contributed by atoms with van der Waals surface area (Å²) in [6.45, 7) is 6.74. The van der Waals surface area contributed by atoms with E-state index in [4.69, 9.17) is 0 Å². The van der Waals surface area contributed by atoms with E-state index in [9.17, 15) is 5.11 Å². The predicted molar refractivity (Wildman–Crippen MR) is 56.6 cm³/mol. The Morgan fingerprint density at radius 1 is 1.23 bits per heavy atom. The summed E-state index contributed by atoms with van der Waals surface area (Å²) in [7, 11) is 0. The largest absolute Gasteiger partial charge is 0.393 e. The van der Waals surface area contributed by atoms with Crippen LogP contribution in [0.15, 0.2) is 0 Å². The van der Waals surface area contributed by atoms with Crippen molar-refractivity contribution in [1.82, 2.24) is 0 Å². The molecule has 3 atom stereocenters. The Kier molecular flexibility index (Phi) is 4.24. The number of aliphatic hydroxyl groups is 1. The van der Waals surface area contributed by atoms with Gasteiger partial charge in [0.25, 0.3) is 0 Å². The molecule has 0 aliphatic heterocycles. The molecule has 0 bridgehead atoms. The summed E-state index contributed by atoms with van der Waals surface area (Å²) in [4.78, 5) is 0. The molecule has 0 aromatic carbocycles. The van der Waals surface area contributed by atoms with E-state index in [-0.39, 0.29) is 6.10 Å². The van der Waals surface area contributed by atoms with Gasteiger partial charge in [0, 0.05) is 0 Å². The van der Waals surface area contributed by atoms with Crippen LogP contribution in [-0.4, -0.2) is 11.2 Å². The van der Waals surface area contributed by atoms with Crippen molar-refractivity contribution in [2.24, 2.45) is 17.8 Å². The summed E-state index contributed by atoms with van der Waals surface area (Å²) in [6, 6.07) is 0. The number of hydrogen-bond acceptors (Lipinski definition) is 1. The second kappa shape index (κ2) is 4.99. The molecule has 1 heteroatoms. The average molecular weight is 184 g/mol. The van der Waals surface area contributed by atoms with E-state index in [1.807, 2.05) is 0 Å². The van der Waals surface area contributed by atoms with E-state index in [1.165, 1.54) is 25.7 Å². The number of aliphatic hydroxyl groups excluding tert-OH is 1. The summed E-state index contributed by atoms with van der Waals surface area (Å²) in [6.07, 6.45) is 6.05. The van der Waals surface area contributed by atoms with E-state index in [1.54, 1.807) is 0 Å². The molecule has 0 radical (unpaired) electrons. The Morgan fingerprint density at radius 2 is 1.92 bits per heavy atom. The zero-order valence-electron chi connectivity index (χ0n) is 9.29. The van der Waals surface area contributed by atoms with Crippen molar-refractivity contribution in [3.63, 3.8) is 0 Å². The van der Waals surface area contributed by atoms with Gasteiger partial charge in [-0.1, -0.05) is 33.6 Å². The summed E-state index contributed by atoms with van der Waals surface area (Å²) < 4.78 is 0. The van der Waals surface area contributed by atoms with Crippen molar-refractivity contribution in [3.05, 3.63) is 0 Å². The molecular formula is C12H24O. The highest BCUT2D eigenvalue weighted by Gasteiger charge is 2.29. The summed E-state index contributed by atoms with van der Waals surface area (Å²) in [5, 5.41) is 9.97. The predicted octanol–water partition coefficient (Wildman–Crippen LogP) is 3.22. The molecule has 0 aromatic rings. The molecule has 1 nitrogen and oxygen atoms in total. The van der Waals surface area contributed by atoms with Crippen molar-refractivity contribution in [2.45, 2.75) is 59.0 Å². The van der Waals surface area contributed by atoms with Gasteiger partial charge in [0.2, 0.25) is 0 Å². The van der Waals surface area contributed by atoms with Crippen LogP contribution in [0.25, 0.3) is 0 Å². The van der Waals surface area contributed by atoms with Crippen LogP contribution in [0.1, 0.15) is 52.9 Å². The maximum absolute atomic E-state index is 9.97. The third-order valence-electron chi connectivity index (χ3n) is 3.46. The number of rotatable bonds is 4. The molecule has 1 saturated carbocycles. The third kappa shape index (κ3) is 3.30. The lowest BCUT2D eigenvalue weighted by molar-refractivity contribution is 0.0768. The summed E-state index contributed by atoms with van der Waals surface area (Å²) in [5.74, 6) is 2.08. The van der Waals surface area contributed by atoms with E-state index in [0.717, 1.165) is 18.3 Å². The molecule has 3 unspecified atom stereocenters. The van der Waals surface area contributed by atoms with Crippen molar-refractivity contribution >= 4 is 0 Å². The van der Waals surface area contributed by atoms with Gasteiger partial charge < -0.3 is 5.11 Å². The molecular weight excluding hydrogens is 160 g/mol. The van der Waals surface area contributed by atoms with Gasteiger partial charge in [0.1, 0.15) is 0 Å². The molecule has 1 rings (SSSR count). The fraction of sp³-hybridized carbons (Fsp3) is 1.00. The van der Waals surface area contributed by atoms with Gasteiger partial charge in [0.15, 0.2) is 0 Å². The quantitative estimate of drug-likeness (QED) is 0.711. The van der Waals surface area contributed by atoms with E-state index < -0.39 is 0 Å². The fourth-order valence-corrected chi connectivity index (χ4v) is 2.46. The first-order valence-electron chi connectivity index (χ1n) is 5.79. The second-order valence-corrected chi connectivity index (χ2v) is 5.11. The van der Waals surface area contributed by atoms with Gasteiger partial charge in [-0.05, 0) is 37.0 Å². The molecule has 13 heavy (non-hydrogen) atoms. The smallest absolute Gasteiger partial charge is 0.0571 e. The van der Waals surface area contributed by atoms with Crippen LogP contribution in [0.2, 0.25) is 0 Å². The summed E-state index contributed by atoms with van der Waals surface area (Å²) in [5.41, 5.74) is 0. The van der Waals surface area contributed by atoms with Crippen molar-refractivity contribution in [3.8, 4) is 0 Å². The topological polar surface area (TPSA) is 20.2 Å². The molecule has 0 saturated heterocycles. The minimum atomic E-state index is -0.0279. The van der Waals surface area contributed by atoms with Crippen LogP contribution >= 0.6 is 0 Å². The second-order valence-electron chi connectivity index (χ2n) is 5.11. The Bertz CT molecular complexity index is 142. The third-order valence-corrected chi connectivity index (χ3v) is 3.46. The Balaban J connectivity index is 2.25. The van der Waals surface area contributed by atoms with E-state index >= 15 is 0 Å². The van der Waals surface area contributed by atoms with Crippen LogP contribution in [0, 0.1) is 17.8 Å². The molecule has 0 spiro atoms. The summed E-state index contributed by atoms with van der Waals surface area (Å²) >= 11 is 0. The Morgan fingerprint density at radius 3 is 2.38 bits per heavy atom. The maximum atomic E-state index is 9.97. The first kappa shape index (κ1) is 11.0. The molecule has 1 aliphatic rings. The normalized spacial score (nSPS) is 31.2. The maximum Gasteiger partial charge on any atom is 0.0571 e. The first-order valence-corrected chi connectivity index (χ1v) is 5.79. The van der Waals surface area contributed by atoms with E-state index in [2.05, 4.69) is 20.8 Å². The molecule has 0 aromatic heterocycles. The molecule has 0 heterocycles. The zero-order chi connectivity index (χ0) is 9.84. The van der Waals surface area contributed by atoms with Gasteiger partial charge in [-0.3, -0.25) is 0 Å². The molecule has 78 valence electrons. The Hall–Kier alpha value is -0.0400. The molecule has 1 aliphatic carbocycles. The molecule has 0 amide bonds. The van der Waals surface area contributed by atoms with Crippen LogP contribution in [0.3, 0.4) is 0 Å². The minimum Gasteiger partial charge on any atom is -0.393 e. The minimum absolute atomic E-state index is 0.0279. The van der Waals surface area contributed by atoms with Crippen LogP contribution in [-0.2, 0) is 0 Å². The lowest BCUT2D eigenvalue weighted by atomic mass is 9.88. The van der Waals surface area contributed by atoms with Crippen molar-refractivity contribution in [1.29, 1.82) is 0 Å². The van der Waals surface area contributed by atoms with Gasteiger partial charge in [-0.2, -0.15) is 0 Å². The number of hydrogen-bond donors (Lipinski definition) is 1. The SMILES string of the molecule is CC(C)CCC(O)C1CCCC1C. The van der Waals surface area contributed by atoms with Crippen molar-refractivity contribution < 1.29 is 5.11 Å². The zero-order valence-corrected chi connectivity index (χ0v) is 9.29. The van der Waals surface area contributed by atoms with Crippen LogP contribution in [0.5, 0.6) is 0 Å². The lowest BCUT2D eigenvalue weighted by Gasteiger charge is -2.22. The van der Waals surface area contributed by atoms with Gasteiger partial charge in [-0.15, -0.1) is 0 Å². The highest BCUT2D eigenvalue weighted by atomic mass is 16.3. The first-order chi connectivity index (χ1) is 6.11. The van der Waals surface area contributed by atoms with E-state index in [0.29, 0.717) is 5.92 Å². The molecule has 1 N–H and O–H groups in total.